The van der Waals surface area contributed by atoms with Gasteiger partial charge < -0.3 is 19.7 Å². The summed E-state index contributed by atoms with van der Waals surface area (Å²) in [5.74, 6) is -2.32. The zero-order valence-corrected chi connectivity index (χ0v) is 17.4. The highest BCUT2D eigenvalue weighted by molar-refractivity contribution is 6.00. The van der Waals surface area contributed by atoms with Crippen molar-refractivity contribution in [3.63, 3.8) is 0 Å². The number of rotatable bonds is 7. The van der Waals surface area contributed by atoms with E-state index in [9.17, 15) is 19.2 Å². The van der Waals surface area contributed by atoms with Gasteiger partial charge in [-0.3, -0.25) is 14.4 Å². The van der Waals surface area contributed by atoms with Gasteiger partial charge in [0.25, 0.3) is 5.91 Å². The Bertz CT molecular complexity index is 969. The van der Waals surface area contributed by atoms with E-state index >= 15 is 0 Å². The van der Waals surface area contributed by atoms with Crippen molar-refractivity contribution in [2.24, 2.45) is 5.92 Å². The zero-order valence-electron chi connectivity index (χ0n) is 17.4. The Morgan fingerprint density at radius 2 is 1.71 bits per heavy atom. The number of benzene rings is 2. The van der Waals surface area contributed by atoms with Crippen molar-refractivity contribution >= 4 is 35.1 Å². The summed E-state index contributed by atoms with van der Waals surface area (Å²) < 4.78 is 10.0. The molecule has 2 aromatic carbocycles. The maximum Gasteiger partial charge on any atom is 0.338 e. The van der Waals surface area contributed by atoms with Crippen LogP contribution in [0.1, 0.15) is 29.3 Å². The highest BCUT2D eigenvalue weighted by Gasteiger charge is 2.36. The zero-order chi connectivity index (χ0) is 22.4. The largest absolute Gasteiger partial charge is 0.462 e. The van der Waals surface area contributed by atoms with E-state index in [-0.39, 0.29) is 25.5 Å². The van der Waals surface area contributed by atoms with Crippen molar-refractivity contribution in [3.8, 4) is 0 Å². The first kappa shape index (κ1) is 22.0. The number of ether oxygens (including phenoxy) is 2. The van der Waals surface area contributed by atoms with E-state index in [1.54, 1.807) is 24.0 Å². The SMILES string of the molecule is CCOC(=O)c1ccc(NC(=O)COC(=O)[C@@H]2CC(=O)N(c3ccc(C)cc3)C2)cc1. The van der Waals surface area contributed by atoms with Crippen LogP contribution in [0.3, 0.4) is 0 Å². The van der Waals surface area contributed by atoms with Crippen molar-refractivity contribution in [2.45, 2.75) is 20.3 Å². The van der Waals surface area contributed by atoms with Gasteiger partial charge in [-0.25, -0.2) is 4.79 Å². The van der Waals surface area contributed by atoms with Gasteiger partial charge in [0, 0.05) is 24.3 Å². The molecule has 2 aromatic rings. The molecule has 1 saturated heterocycles. The highest BCUT2D eigenvalue weighted by Crippen LogP contribution is 2.26. The molecule has 0 bridgehead atoms. The van der Waals surface area contributed by atoms with E-state index < -0.39 is 30.4 Å². The van der Waals surface area contributed by atoms with Crippen molar-refractivity contribution in [2.75, 3.05) is 30.0 Å². The summed E-state index contributed by atoms with van der Waals surface area (Å²) in [6, 6.07) is 13.6. The summed E-state index contributed by atoms with van der Waals surface area (Å²) in [7, 11) is 0. The lowest BCUT2D eigenvalue weighted by molar-refractivity contribution is -0.151. The number of carbonyl (C=O) groups is 4. The predicted molar refractivity (Wildman–Crippen MR) is 114 cm³/mol. The van der Waals surface area contributed by atoms with Gasteiger partial charge in [-0.2, -0.15) is 0 Å². The van der Waals surface area contributed by atoms with Crippen LogP contribution in [0, 0.1) is 12.8 Å². The van der Waals surface area contributed by atoms with Crippen LogP contribution in [-0.2, 0) is 23.9 Å². The molecule has 1 N–H and O–H groups in total. The molecule has 1 heterocycles. The van der Waals surface area contributed by atoms with Crippen molar-refractivity contribution in [1.29, 1.82) is 0 Å². The van der Waals surface area contributed by atoms with Gasteiger partial charge in [0.2, 0.25) is 5.91 Å². The van der Waals surface area contributed by atoms with Crippen LogP contribution >= 0.6 is 0 Å². The molecule has 0 radical (unpaired) electrons. The van der Waals surface area contributed by atoms with Crippen LogP contribution in [0.25, 0.3) is 0 Å². The minimum absolute atomic E-state index is 0.0453. The van der Waals surface area contributed by atoms with Gasteiger partial charge in [-0.15, -0.1) is 0 Å². The van der Waals surface area contributed by atoms with Crippen LogP contribution in [-0.4, -0.2) is 43.5 Å². The van der Waals surface area contributed by atoms with Crippen molar-refractivity contribution in [1.82, 2.24) is 0 Å². The number of anilines is 2. The maximum atomic E-state index is 12.3. The summed E-state index contributed by atoms with van der Waals surface area (Å²) in [4.78, 5) is 49.9. The molecule has 8 nitrogen and oxygen atoms in total. The lowest BCUT2D eigenvalue weighted by Gasteiger charge is -2.16. The van der Waals surface area contributed by atoms with Crippen LogP contribution in [0.5, 0.6) is 0 Å². The quantitative estimate of drug-likeness (QED) is 0.686. The van der Waals surface area contributed by atoms with Crippen LogP contribution in [0.15, 0.2) is 48.5 Å². The Kier molecular flexibility index (Phi) is 7.02. The molecule has 3 rings (SSSR count). The third-order valence-electron chi connectivity index (χ3n) is 4.83. The topological polar surface area (TPSA) is 102 Å². The van der Waals surface area contributed by atoms with Gasteiger partial charge in [0.05, 0.1) is 18.1 Å². The molecule has 1 aliphatic rings. The Morgan fingerprint density at radius 1 is 1.03 bits per heavy atom. The van der Waals surface area contributed by atoms with E-state index in [1.165, 1.54) is 12.1 Å². The first-order valence-electron chi connectivity index (χ1n) is 9.98. The van der Waals surface area contributed by atoms with Gasteiger partial charge in [-0.05, 0) is 50.2 Å². The molecular weight excluding hydrogens is 400 g/mol. The number of hydrogen-bond acceptors (Lipinski definition) is 6. The second-order valence-corrected chi connectivity index (χ2v) is 7.19. The summed E-state index contributed by atoms with van der Waals surface area (Å²) in [6.45, 7) is 3.70. The molecule has 0 saturated carbocycles. The third kappa shape index (κ3) is 5.69. The number of hydrogen-bond donors (Lipinski definition) is 1. The fourth-order valence-corrected chi connectivity index (χ4v) is 3.20. The van der Waals surface area contributed by atoms with Gasteiger partial charge in [0.15, 0.2) is 6.61 Å². The van der Waals surface area contributed by atoms with Crippen molar-refractivity contribution in [3.05, 3.63) is 59.7 Å². The van der Waals surface area contributed by atoms with Crippen LogP contribution < -0.4 is 10.2 Å². The molecule has 162 valence electrons. The summed E-state index contributed by atoms with van der Waals surface area (Å²) >= 11 is 0. The fraction of sp³-hybridized carbons (Fsp3) is 0.304. The highest BCUT2D eigenvalue weighted by atomic mass is 16.5. The van der Waals surface area contributed by atoms with Crippen molar-refractivity contribution < 1.29 is 28.7 Å². The Balaban J connectivity index is 1.48. The Labute approximate surface area is 180 Å². The second kappa shape index (κ2) is 9.88. The van der Waals surface area contributed by atoms with Crippen LogP contribution in [0.2, 0.25) is 0 Å². The molecular formula is C23H24N2O6. The maximum absolute atomic E-state index is 12.3. The first-order valence-corrected chi connectivity index (χ1v) is 9.98. The summed E-state index contributed by atoms with van der Waals surface area (Å²) in [6.07, 6.45) is 0.0453. The van der Waals surface area contributed by atoms with Gasteiger partial charge >= 0.3 is 11.9 Å². The van der Waals surface area contributed by atoms with E-state index in [0.717, 1.165) is 11.3 Å². The number of nitrogens with zero attached hydrogens (tertiary/aromatic N) is 1. The molecule has 2 amide bonds. The summed E-state index contributed by atoms with van der Waals surface area (Å²) in [5, 5.41) is 2.59. The Hall–Kier alpha value is -3.68. The van der Waals surface area contributed by atoms with E-state index in [0.29, 0.717) is 11.3 Å². The minimum Gasteiger partial charge on any atom is -0.462 e. The molecule has 1 atom stereocenters. The van der Waals surface area contributed by atoms with Gasteiger partial charge in [0.1, 0.15) is 0 Å². The monoisotopic (exact) mass is 424 g/mol. The van der Waals surface area contributed by atoms with Gasteiger partial charge in [-0.1, -0.05) is 17.7 Å². The minimum atomic E-state index is -0.620. The molecule has 0 spiro atoms. The average Bonchev–Trinajstić information content (AvgIpc) is 3.15. The van der Waals surface area contributed by atoms with E-state index in [2.05, 4.69) is 5.32 Å². The number of esters is 2. The summed E-state index contributed by atoms with van der Waals surface area (Å²) in [5.41, 5.74) is 2.63. The second-order valence-electron chi connectivity index (χ2n) is 7.19. The normalized spacial score (nSPS) is 15.5. The molecule has 1 fully saturated rings. The molecule has 31 heavy (non-hydrogen) atoms. The number of aryl methyl sites for hydroxylation is 1. The molecule has 1 aliphatic heterocycles. The smallest absolute Gasteiger partial charge is 0.338 e. The fourth-order valence-electron chi connectivity index (χ4n) is 3.20. The first-order chi connectivity index (χ1) is 14.9. The number of amides is 2. The predicted octanol–water partition coefficient (Wildman–Crippen LogP) is 2.71. The molecule has 0 aliphatic carbocycles. The Morgan fingerprint density at radius 3 is 2.35 bits per heavy atom. The number of nitrogens with one attached hydrogen (secondary N) is 1. The van der Waals surface area contributed by atoms with E-state index in [4.69, 9.17) is 9.47 Å². The molecule has 0 unspecified atom stereocenters. The van der Waals surface area contributed by atoms with E-state index in [1.807, 2.05) is 31.2 Å². The number of carbonyl (C=O) groups excluding carboxylic acids is 4. The average molecular weight is 424 g/mol. The standard InChI is InChI=1S/C23H24N2O6/c1-3-30-22(28)16-6-8-18(9-7-16)24-20(26)14-31-23(29)17-12-21(27)25(13-17)19-10-4-15(2)5-11-19/h4-11,17H,3,12-14H2,1-2H3,(H,24,26)/t17-/m1/s1. The lowest BCUT2D eigenvalue weighted by atomic mass is 10.1. The third-order valence-corrected chi connectivity index (χ3v) is 4.83. The molecule has 0 aromatic heterocycles. The van der Waals surface area contributed by atoms with Crippen LogP contribution in [0.4, 0.5) is 11.4 Å². The lowest BCUT2D eigenvalue weighted by Crippen LogP contribution is -2.28. The molecule has 8 heteroatoms.